The molecule has 136 valence electrons. The molecule has 0 bridgehead atoms. The Hall–Kier alpha value is -2.06. The van der Waals surface area contributed by atoms with Crippen LogP contribution in [0, 0.1) is 6.92 Å². The van der Waals surface area contributed by atoms with Gasteiger partial charge in [0, 0.05) is 31.6 Å². The monoisotopic (exact) mass is 351 g/mol. The standard InChI is InChI=1S/C17H23F2N5O/c1-11-9-24(23-14(11)10-25)16-7-12(8-20)6-15(22-16)21-13-2-4-17(18,19)5-3-13/h6-7,9,13,25H,2-5,8,10,20H2,1H3,(H,21,22). The van der Waals surface area contributed by atoms with Gasteiger partial charge >= 0.3 is 0 Å². The van der Waals surface area contributed by atoms with Crippen molar-refractivity contribution in [2.75, 3.05) is 5.32 Å². The van der Waals surface area contributed by atoms with Gasteiger partial charge in [0.2, 0.25) is 5.92 Å². The first-order valence-corrected chi connectivity index (χ1v) is 8.42. The highest BCUT2D eigenvalue weighted by molar-refractivity contribution is 5.45. The summed E-state index contributed by atoms with van der Waals surface area (Å²) >= 11 is 0. The van der Waals surface area contributed by atoms with Crippen LogP contribution in [-0.4, -0.2) is 31.8 Å². The van der Waals surface area contributed by atoms with Gasteiger partial charge in [0.25, 0.3) is 0 Å². The molecule has 4 N–H and O–H groups in total. The molecular weight excluding hydrogens is 328 g/mol. The molecule has 0 spiro atoms. The van der Waals surface area contributed by atoms with Crippen molar-refractivity contribution in [1.82, 2.24) is 14.8 Å². The Morgan fingerprint density at radius 3 is 2.68 bits per heavy atom. The lowest BCUT2D eigenvalue weighted by Crippen LogP contribution is -2.32. The van der Waals surface area contributed by atoms with Crippen molar-refractivity contribution in [3.8, 4) is 5.82 Å². The lowest BCUT2D eigenvalue weighted by Gasteiger charge is -2.29. The van der Waals surface area contributed by atoms with E-state index in [1.165, 1.54) is 0 Å². The number of rotatable bonds is 5. The number of nitrogens with zero attached hydrogens (tertiary/aromatic N) is 3. The molecule has 6 nitrogen and oxygen atoms in total. The van der Waals surface area contributed by atoms with E-state index in [1.54, 1.807) is 10.9 Å². The number of nitrogens with one attached hydrogen (secondary N) is 1. The van der Waals surface area contributed by atoms with Gasteiger partial charge in [-0.15, -0.1) is 0 Å². The third kappa shape index (κ3) is 4.13. The van der Waals surface area contributed by atoms with E-state index in [1.807, 2.05) is 19.1 Å². The number of aliphatic hydroxyl groups is 1. The average Bonchev–Trinajstić information content (AvgIpc) is 2.97. The van der Waals surface area contributed by atoms with Crippen LogP contribution in [-0.2, 0) is 13.2 Å². The van der Waals surface area contributed by atoms with Gasteiger partial charge in [0.15, 0.2) is 5.82 Å². The Morgan fingerprint density at radius 1 is 1.36 bits per heavy atom. The molecule has 0 atom stereocenters. The van der Waals surface area contributed by atoms with Gasteiger partial charge in [-0.25, -0.2) is 18.4 Å². The predicted octanol–water partition coefficient (Wildman–Crippen LogP) is 2.52. The third-order valence-electron chi connectivity index (χ3n) is 4.56. The molecule has 0 aromatic carbocycles. The van der Waals surface area contributed by atoms with Crippen molar-refractivity contribution in [2.45, 2.75) is 57.7 Å². The van der Waals surface area contributed by atoms with E-state index < -0.39 is 5.92 Å². The number of anilines is 1. The number of nitrogens with two attached hydrogens (primary N) is 1. The van der Waals surface area contributed by atoms with Crippen molar-refractivity contribution in [3.63, 3.8) is 0 Å². The molecule has 1 fully saturated rings. The molecule has 0 amide bonds. The van der Waals surface area contributed by atoms with Crippen molar-refractivity contribution in [3.05, 3.63) is 35.2 Å². The number of hydrogen-bond donors (Lipinski definition) is 3. The first-order chi connectivity index (χ1) is 11.9. The Morgan fingerprint density at radius 2 is 2.08 bits per heavy atom. The number of aromatic nitrogens is 3. The van der Waals surface area contributed by atoms with Crippen LogP contribution in [0.3, 0.4) is 0 Å². The highest BCUT2D eigenvalue weighted by Crippen LogP contribution is 2.34. The van der Waals surface area contributed by atoms with Gasteiger partial charge in [-0.1, -0.05) is 0 Å². The SMILES string of the molecule is Cc1cn(-c2cc(CN)cc(NC3CCC(F)(F)CC3)n2)nc1CO. The maximum atomic E-state index is 13.3. The largest absolute Gasteiger partial charge is 0.390 e. The Labute approximate surface area is 145 Å². The Balaban J connectivity index is 1.82. The predicted molar refractivity (Wildman–Crippen MR) is 90.7 cm³/mol. The molecule has 2 aromatic heterocycles. The summed E-state index contributed by atoms with van der Waals surface area (Å²) in [6.45, 7) is 2.06. The summed E-state index contributed by atoms with van der Waals surface area (Å²) in [4.78, 5) is 4.54. The fourth-order valence-corrected chi connectivity index (χ4v) is 3.04. The summed E-state index contributed by atoms with van der Waals surface area (Å²) in [5, 5.41) is 16.9. The molecule has 0 aliphatic heterocycles. The number of hydrogen-bond acceptors (Lipinski definition) is 5. The summed E-state index contributed by atoms with van der Waals surface area (Å²) in [5.41, 5.74) is 8.09. The minimum atomic E-state index is -2.55. The van der Waals surface area contributed by atoms with E-state index in [0.717, 1.165) is 11.1 Å². The highest BCUT2D eigenvalue weighted by atomic mass is 19.3. The zero-order valence-corrected chi connectivity index (χ0v) is 14.2. The zero-order chi connectivity index (χ0) is 18.0. The zero-order valence-electron chi connectivity index (χ0n) is 14.2. The number of aryl methyl sites for hydroxylation is 1. The molecule has 0 radical (unpaired) electrons. The Kier molecular flexibility index (Phi) is 5.01. The molecule has 1 saturated carbocycles. The summed E-state index contributed by atoms with van der Waals surface area (Å²) < 4.78 is 28.2. The second kappa shape index (κ2) is 7.05. The van der Waals surface area contributed by atoms with Crippen LogP contribution in [0.2, 0.25) is 0 Å². The number of alkyl halides is 2. The van der Waals surface area contributed by atoms with Crippen molar-refractivity contribution in [2.24, 2.45) is 5.73 Å². The highest BCUT2D eigenvalue weighted by Gasteiger charge is 2.34. The van der Waals surface area contributed by atoms with Crippen molar-refractivity contribution in [1.29, 1.82) is 0 Å². The normalized spacial score (nSPS) is 17.6. The number of halogens is 2. The maximum absolute atomic E-state index is 13.3. The molecule has 3 rings (SSSR count). The van der Waals surface area contributed by atoms with Crippen LogP contribution >= 0.6 is 0 Å². The van der Waals surface area contributed by atoms with Gasteiger partial charge in [-0.3, -0.25) is 0 Å². The van der Waals surface area contributed by atoms with Crippen molar-refractivity contribution >= 4 is 5.82 Å². The van der Waals surface area contributed by atoms with Gasteiger partial charge in [-0.2, -0.15) is 5.10 Å². The summed E-state index contributed by atoms with van der Waals surface area (Å²) in [6.07, 6.45) is 2.40. The van der Waals surface area contributed by atoms with Crippen molar-refractivity contribution < 1.29 is 13.9 Å². The average molecular weight is 351 g/mol. The minimum Gasteiger partial charge on any atom is -0.390 e. The molecule has 1 aliphatic carbocycles. The topological polar surface area (TPSA) is 89.0 Å². The van der Waals surface area contributed by atoms with Crippen LogP contribution < -0.4 is 11.1 Å². The first kappa shape index (κ1) is 17.8. The van der Waals surface area contributed by atoms with E-state index in [0.29, 0.717) is 36.7 Å². The summed E-state index contributed by atoms with van der Waals surface area (Å²) in [7, 11) is 0. The molecule has 8 heteroatoms. The lowest BCUT2D eigenvalue weighted by molar-refractivity contribution is -0.0361. The maximum Gasteiger partial charge on any atom is 0.248 e. The van der Waals surface area contributed by atoms with Crippen LogP contribution in [0.25, 0.3) is 5.82 Å². The van der Waals surface area contributed by atoms with Gasteiger partial charge in [0.1, 0.15) is 5.82 Å². The van der Waals surface area contributed by atoms with E-state index in [9.17, 15) is 13.9 Å². The van der Waals surface area contributed by atoms with Gasteiger partial charge in [0.05, 0.1) is 12.3 Å². The van der Waals surface area contributed by atoms with Crippen LogP contribution in [0.1, 0.15) is 42.5 Å². The lowest BCUT2D eigenvalue weighted by atomic mass is 9.92. The molecule has 1 aliphatic rings. The number of aliphatic hydroxyl groups excluding tert-OH is 1. The minimum absolute atomic E-state index is 0.0274. The third-order valence-corrected chi connectivity index (χ3v) is 4.56. The second-order valence-electron chi connectivity index (χ2n) is 6.56. The van der Waals surface area contributed by atoms with Gasteiger partial charge < -0.3 is 16.2 Å². The van der Waals surface area contributed by atoms with E-state index in [4.69, 9.17) is 5.73 Å². The van der Waals surface area contributed by atoms with E-state index in [2.05, 4.69) is 15.4 Å². The quantitative estimate of drug-likeness (QED) is 0.770. The fraction of sp³-hybridized carbons (Fsp3) is 0.529. The van der Waals surface area contributed by atoms with E-state index >= 15 is 0 Å². The Bertz CT molecular complexity index is 737. The summed E-state index contributed by atoms with van der Waals surface area (Å²) in [5.74, 6) is -1.37. The summed E-state index contributed by atoms with van der Waals surface area (Å²) in [6, 6.07) is 3.63. The van der Waals surface area contributed by atoms with Crippen LogP contribution in [0.5, 0.6) is 0 Å². The second-order valence-corrected chi connectivity index (χ2v) is 6.56. The van der Waals surface area contributed by atoms with Gasteiger partial charge in [-0.05, 0) is 43.0 Å². The van der Waals surface area contributed by atoms with E-state index in [-0.39, 0.29) is 25.5 Å². The molecule has 2 heterocycles. The van der Waals surface area contributed by atoms with Crippen LogP contribution in [0.15, 0.2) is 18.3 Å². The molecular formula is C17H23F2N5O. The number of pyridine rings is 1. The molecule has 2 aromatic rings. The van der Waals surface area contributed by atoms with Crippen LogP contribution in [0.4, 0.5) is 14.6 Å². The molecule has 25 heavy (non-hydrogen) atoms. The molecule has 0 unspecified atom stereocenters. The molecule has 0 saturated heterocycles. The first-order valence-electron chi connectivity index (χ1n) is 8.42. The fourth-order valence-electron chi connectivity index (χ4n) is 3.04. The smallest absolute Gasteiger partial charge is 0.248 e.